The summed E-state index contributed by atoms with van der Waals surface area (Å²) < 4.78 is 0. The van der Waals surface area contributed by atoms with Crippen molar-refractivity contribution in [2.24, 2.45) is 0 Å². The fourth-order valence-corrected chi connectivity index (χ4v) is 1.24. The zero-order chi connectivity index (χ0) is 9.23. The zero-order valence-electron chi connectivity index (χ0n) is 8.13. The molecule has 0 aliphatic heterocycles. The first kappa shape index (κ1) is 11.9. The monoisotopic (exact) mass is 174 g/mol. The van der Waals surface area contributed by atoms with Gasteiger partial charge in [0.15, 0.2) is 0 Å². The number of hydrogen-bond donors (Lipinski definition) is 2. The van der Waals surface area contributed by atoms with Crippen molar-refractivity contribution in [1.29, 1.82) is 0 Å². The molecule has 0 amide bonds. The molecule has 2 heteroatoms. The lowest BCUT2D eigenvalue weighted by atomic mass is 9.98. The van der Waals surface area contributed by atoms with Gasteiger partial charge in [0.25, 0.3) is 0 Å². The molecule has 0 heterocycles. The average Bonchev–Trinajstić information content (AvgIpc) is 2.08. The van der Waals surface area contributed by atoms with E-state index in [0.717, 1.165) is 25.7 Å². The molecule has 1 aliphatic rings. The first-order valence-corrected chi connectivity index (χ1v) is 5.10. The van der Waals surface area contributed by atoms with E-state index < -0.39 is 0 Å². The van der Waals surface area contributed by atoms with Crippen molar-refractivity contribution in [3.63, 3.8) is 0 Å². The number of hydrogen-bond acceptors (Lipinski definition) is 2. The Morgan fingerprint density at radius 1 is 1.17 bits per heavy atom. The molecular weight excluding hydrogens is 152 g/mol. The van der Waals surface area contributed by atoms with Crippen molar-refractivity contribution in [2.75, 3.05) is 6.61 Å². The van der Waals surface area contributed by atoms with Gasteiger partial charge in [0, 0.05) is 6.61 Å². The highest BCUT2D eigenvalue weighted by atomic mass is 16.3. The second-order valence-electron chi connectivity index (χ2n) is 3.37. The van der Waals surface area contributed by atoms with Gasteiger partial charge in [-0.3, -0.25) is 0 Å². The van der Waals surface area contributed by atoms with Gasteiger partial charge in [0.1, 0.15) is 0 Å². The Balaban J connectivity index is 0.000000217. The Morgan fingerprint density at radius 2 is 1.75 bits per heavy atom. The largest absolute Gasteiger partial charge is 0.396 e. The molecule has 2 N–H and O–H groups in total. The van der Waals surface area contributed by atoms with E-state index >= 15 is 0 Å². The van der Waals surface area contributed by atoms with Crippen LogP contribution in [0.25, 0.3) is 0 Å². The molecule has 1 fully saturated rings. The molecule has 0 bridgehead atoms. The molecule has 74 valence electrons. The van der Waals surface area contributed by atoms with Crippen LogP contribution in [0.4, 0.5) is 0 Å². The first-order chi connectivity index (χ1) is 5.81. The summed E-state index contributed by atoms with van der Waals surface area (Å²) in [6.45, 7) is 2.40. The van der Waals surface area contributed by atoms with Crippen LogP contribution in [0.1, 0.15) is 51.9 Å². The third-order valence-corrected chi connectivity index (χ3v) is 2.09. The number of aliphatic hydroxyl groups excluding tert-OH is 2. The molecule has 0 aromatic carbocycles. The van der Waals surface area contributed by atoms with Crippen LogP contribution in [0, 0.1) is 0 Å². The number of rotatable bonds is 2. The molecular formula is C10H22O2. The van der Waals surface area contributed by atoms with Gasteiger partial charge >= 0.3 is 0 Å². The topological polar surface area (TPSA) is 40.5 Å². The Kier molecular flexibility index (Phi) is 8.95. The van der Waals surface area contributed by atoms with E-state index in [1.807, 2.05) is 0 Å². The molecule has 0 aromatic rings. The summed E-state index contributed by atoms with van der Waals surface area (Å²) in [6, 6.07) is 0. The third-order valence-electron chi connectivity index (χ3n) is 2.09. The molecule has 0 radical (unpaired) electrons. The normalized spacial score (nSPS) is 18.2. The van der Waals surface area contributed by atoms with Crippen molar-refractivity contribution in [3.8, 4) is 0 Å². The van der Waals surface area contributed by atoms with Crippen molar-refractivity contribution >= 4 is 0 Å². The van der Waals surface area contributed by atoms with Gasteiger partial charge in [-0.25, -0.2) is 0 Å². The van der Waals surface area contributed by atoms with E-state index in [4.69, 9.17) is 10.2 Å². The maximum Gasteiger partial charge on any atom is 0.0540 e. The van der Waals surface area contributed by atoms with E-state index in [9.17, 15) is 0 Å². The summed E-state index contributed by atoms with van der Waals surface area (Å²) in [4.78, 5) is 0. The number of unbranched alkanes of at least 4 members (excludes halogenated alkanes) is 1. The van der Waals surface area contributed by atoms with Crippen LogP contribution in [0.2, 0.25) is 0 Å². The minimum atomic E-state index is 0.0359. The van der Waals surface area contributed by atoms with Crippen molar-refractivity contribution < 1.29 is 10.2 Å². The van der Waals surface area contributed by atoms with Gasteiger partial charge in [-0.1, -0.05) is 32.6 Å². The van der Waals surface area contributed by atoms with Gasteiger partial charge < -0.3 is 10.2 Å². The molecule has 1 saturated carbocycles. The minimum absolute atomic E-state index is 0.0359. The van der Waals surface area contributed by atoms with Crippen LogP contribution in [-0.2, 0) is 0 Å². The Morgan fingerprint density at radius 3 is 1.92 bits per heavy atom. The fraction of sp³-hybridized carbons (Fsp3) is 1.00. The molecule has 2 nitrogen and oxygen atoms in total. The van der Waals surface area contributed by atoms with Crippen LogP contribution in [0.3, 0.4) is 0 Å². The predicted molar refractivity (Wildman–Crippen MR) is 51.1 cm³/mol. The van der Waals surface area contributed by atoms with E-state index in [1.54, 1.807) is 0 Å². The Labute approximate surface area is 75.6 Å². The lowest BCUT2D eigenvalue weighted by Gasteiger charge is -2.14. The van der Waals surface area contributed by atoms with E-state index in [-0.39, 0.29) is 6.10 Å². The highest BCUT2D eigenvalue weighted by molar-refractivity contribution is 4.61. The average molecular weight is 174 g/mol. The van der Waals surface area contributed by atoms with Gasteiger partial charge in [0.05, 0.1) is 6.10 Å². The zero-order valence-corrected chi connectivity index (χ0v) is 8.13. The lowest BCUT2D eigenvalue weighted by molar-refractivity contribution is 0.130. The maximum absolute atomic E-state index is 8.91. The smallest absolute Gasteiger partial charge is 0.0540 e. The standard InChI is InChI=1S/C6H12O.C4H10O/c7-6-4-2-1-3-5-6;1-2-3-4-5/h6-7H,1-5H2;5H,2-4H2,1H3. The van der Waals surface area contributed by atoms with E-state index in [1.165, 1.54) is 19.3 Å². The summed E-state index contributed by atoms with van der Waals surface area (Å²) >= 11 is 0. The molecule has 0 aromatic heterocycles. The van der Waals surface area contributed by atoms with Gasteiger partial charge in [0.2, 0.25) is 0 Å². The Hall–Kier alpha value is -0.0800. The summed E-state index contributed by atoms with van der Waals surface area (Å²) in [5.41, 5.74) is 0. The molecule has 0 saturated heterocycles. The molecule has 1 aliphatic carbocycles. The second kappa shape index (κ2) is 9.01. The first-order valence-electron chi connectivity index (χ1n) is 5.10. The quantitative estimate of drug-likeness (QED) is 0.673. The van der Waals surface area contributed by atoms with Crippen LogP contribution in [0.5, 0.6) is 0 Å². The van der Waals surface area contributed by atoms with Crippen LogP contribution in [-0.4, -0.2) is 22.9 Å². The molecule has 0 unspecified atom stereocenters. The minimum Gasteiger partial charge on any atom is -0.396 e. The van der Waals surface area contributed by atoms with Crippen LogP contribution >= 0.6 is 0 Å². The van der Waals surface area contributed by atoms with Crippen LogP contribution < -0.4 is 0 Å². The van der Waals surface area contributed by atoms with Gasteiger partial charge in [-0.15, -0.1) is 0 Å². The van der Waals surface area contributed by atoms with Gasteiger partial charge in [-0.2, -0.15) is 0 Å². The van der Waals surface area contributed by atoms with E-state index in [2.05, 4.69) is 6.92 Å². The summed E-state index contributed by atoms with van der Waals surface area (Å²) in [5.74, 6) is 0. The van der Waals surface area contributed by atoms with E-state index in [0.29, 0.717) is 6.61 Å². The summed E-state index contributed by atoms with van der Waals surface area (Å²) in [7, 11) is 0. The fourth-order valence-electron chi connectivity index (χ4n) is 1.24. The maximum atomic E-state index is 8.91. The Bertz CT molecular complexity index is 75.9. The van der Waals surface area contributed by atoms with Gasteiger partial charge in [-0.05, 0) is 19.3 Å². The van der Waals surface area contributed by atoms with Crippen LogP contribution in [0.15, 0.2) is 0 Å². The molecule has 0 atom stereocenters. The number of aliphatic hydroxyl groups is 2. The lowest BCUT2D eigenvalue weighted by Crippen LogP contribution is -2.09. The van der Waals surface area contributed by atoms with Crippen molar-refractivity contribution in [2.45, 2.75) is 58.0 Å². The SMILES string of the molecule is CCCCO.OC1CCCCC1. The summed E-state index contributed by atoms with van der Waals surface area (Å²) in [5, 5.41) is 17.0. The highest BCUT2D eigenvalue weighted by Crippen LogP contribution is 2.16. The molecule has 0 spiro atoms. The third kappa shape index (κ3) is 8.02. The molecule has 12 heavy (non-hydrogen) atoms. The van der Waals surface area contributed by atoms with Crippen molar-refractivity contribution in [1.82, 2.24) is 0 Å². The highest BCUT2D eigenvalue weighted by Gasteiger charge is 2.07. The molecule has 1 rings (SSSR count). The predicted octanol–water partition coefficient (Wildman–Crippen LogP) is 2.09. The summed E-state index contributed by atoms with van der Waals surface area (Å²) in [6.07, 6.45) is 7.96. The second-order valence-corrected chi connectivity index (χ2v) is 3.37. The van der Waals surface area contributed by atoms with Crippen molar-refractivity contribution in [3.05, 3.63) is 0 Å².